The van der Waals surface area contributed by atoms with Gasteiger partial charge in [0.1, 0.15) is 5.82 Å². The van der Waals surface area contributed by atoms with Crippen molar-refractivity contribution in [3.05, 3.63) is 78.2 Å². The first-order chi connectivity index (χ1) is 16.3. The molecule has 0 unspecified atom stereocenters. The fourth-order valence-corrected chi connectivity index (χ4v) is 4.55. The van der Waals surface area contributed by atoms with Crippen LogP contribution in [0.4, 0.5) is 0 Å². The Balaban J connectivity index is 1.85. The molecule has 7 nitrogen and oxygen atoms in total. The van der Waals surface area contributed by atoms with Gasteiger partial charge in [-0.05, 0) is 17.5 Å². The monoisotopic (exact) mass is 459 g/mol. The predicted molar refractivity (Wildman–Crippen MR) is 133 cm³/mol. The quantitative estimate of drug-likeness (QED) is 0.554. The molecule has 178 valence electrons. The summed E-state index contributed by atoms with van der Waals surface area (Å²) in [5.74, 6) is -0.388. The minimum atomic E-state index is -0.588. The smallest absolute Gasteiger partial charge is 0.312 e. The molecule has 34 heavy (non-hydrogen) atoms. The summed E-state index contributed by atoms with van der Waals surface area (Å²) in [6, 6.07) is 19.8. The molecule has 0 radical (unpaired) electrons. The molecule has 2 amide bonds. The fraction of sp³-hybridized carbons (Fsp3) is 0.370. The normalized spacial score (nSPS) is 17.9. The summed E-state index contributed by atoms with van der Waals surface area (Å²) in [6.45, 7) is 8.02. The van der Waals surface area contributed by atoms with Gasteiger partial charge in [-0.15, -0.1) is 0 Å². The summed E-state index contributed by atoms with van der Waals surface area (Å²) in [5.41, 5.74) is 8.57. The average Bonchev–Trinajstić information content (AvgIpc) is 3.17. The van der Waals surface area contributed by atoms with Crippen LogP contribution in [0.25, 0.3) is 11.3 Å². The van der Waals surface area contributed by atoms with Gasteiger partial charge in [0.25, 0.3) is 0 Å². The van der Waals surface area contributed by atoms with Gasteiger partial charge in [0.15, 0.2) is 0 Å². The van der Waals surface area contributed by atoms with E-state index in [1.807, 2.05) is 54.7 Å². The molecule has 4 rings (SSSR count). The molecule has 2 heterocycles. The van der Waals surface area contributed by atoms with Crippen LogP contribution >= 0.6 is 0 Å². The first-order valence-corrected chi connectivity index (χ1v) is 11.7. The van der Waals surface area contributed by atoms with E-state index in [1.165, 1.54) is 0 Å². The largest absolute Gasteiger partial charge is 0.347 e. The third-order valence-corrected chi connectivity index (χ3v) is 6.24. The lowest BCUT2D eigenvalue weighted by atomic mass is 9.84. The second kappa shape index (κ2) is 9.81. The van der Waals surface area contributed by atoms with Crippen LogP contribution in [-0.2, 0) is 16.1 Å². The van der Waals surface area contributed by atoms with Crippen molar-refractivity contribution in [1.82, 2.24) is 19.8 Å². The van der Waals surface area contributed by atoms with Crippen molar-refractivity contribution >= 4 is 11.8 Å². The molecule has 0 saturated carbocycles. The number of nitrogens with zero attached hydrogens (tertiary/aromatic N) is 3. The van der Waals surface area contributed by atoms with E-state index in [4.69, 9.17) is 10.7 Å². The zero-order chi connectivity index (χ0) is 24.3. The van der Waals surface area contributed by atoms with Crippen LogP contribution in [0, 0.1) is 11.3 Å². The van der Waals surface area contributed by atoms with Crippen LogP contribution < -0.4 is 11.1 Å². The van der Waals surface area contributed by atoms with Crippen LogP contribution in [0.5, 0.6) is 0 Å². The standard InChI is InChI=1S/C27H33N5O2/c1-27(2,3)23(32-17-20(14-28)15-29-25(33)26(32)34)24-30-22(21-12-8-5-9-13-21)18-31(24)16-19-10-6-4-7-11-19/h4-13,18,20,23H,14-17,28H2,1-3H3,(H,29,33)/t20-,23-/m0/s1. The zero-order valence-electron chi connectivity index (χ0n) is 20.1. The molecule has 0 spiro atoms. The molecular weight excluding hydrogens is 426 g/mol. The van der Waals surface area contributed by atoms with Crippen molar-refractivity contribution in [2.75, 3.05) is 19.6 Å². The van der Waals surface area contributed by atoms with Gasteiger partial charge in [-0.1, -0.05) is 81.4 Å². The van der Waals surface area contributed by atoms with E-state index in [-0.39, 0.29) is 11.3 Å². The van der Waals surface area contributed by atoms with Gasteiger partial charge < -0.3 is 20.5 Å². The van der Waals surface area contributed by atoms with Crippen LogP contribution in [-0.4, -0.2) is 45.9 Å². The highest BCUT2D eigenvalue weighted by Gasteiger charge is 2.42. The van der Waals surface area contributed by atoms with Gasteiger partial charge >= 0.3 is 11.8 Å². The number of hydrogen-bond donors (Lipinski definition) is 2. The van der Waals surface area contributed by atoms with Crippen LogP contribution in [0.1, 0.15) is 38.2 Å². The van der Waals surface area contributed by atoms with E-state index in [0.29, 0.717) is 26.2 Å². The number of carbonyl (C=O) groups excluding carboxylic acids is 2. The third-order valence-electron chi connectivity index (χ3n) is 6.24. The topological polar surface area (TPSA) is 93.2 Å². The molecule has 1 aliphatic heterocycles. The number of amides is 2. The molecule has 1 aliphatic rings. The summed E-state index contributed by atoms with van der Waals surface area (Å²) >= 11 is 0. The van der Waals surface area contributed by atoms with Gasteiger partial charge in [0.2, 0.25) is 0 Å². The Labute approximate surface area is 201 Å². The molecule has 1 fully saturated rings. The lowest BCUT2D eigenvalue weighted by Crippen LogP contribution is -2.47. The van der Waals surface area contributed by atoms with Crippen LogP contribution in [0.3, 0.4) is 0 Å². The summed E-state index contributed by atoms with van der Waals surface area (Å²) in [5, 5.41) is 2.73. The average molecular weight is 460 g/mol. The number of benzene rings is 2. The molecule has 7 heteroatoms. The minimum absolute atomic E-state index is 0.0219. The molecule has 0 bridgehead atoms. The second-order valence-corrected chi connectivity index (χ2v) is 10.0. The number of imidazole rings is 1. The Morgan fingerprint density at radius 1 is 1.06 bits per heavy atom. The van der Waals surface area contributed by atoms with Crippen molar-refractivity contribution in [3.8, 4) is 11.3 Å². The number of rotatable bonds is 6. The van der Waals surface area contributed by atoms with E-state index in [9.17, 15) is 9.59 Å². The molecule has 1 aromatic heterocycles. The first kappa shape index (κ1) is 23.7. The number of nitrogens with two attached hydrogens (primary N) is 1. The number of hydrogen-bond acceptors (Lipinski definition) is 4. The number of aromatic nitrogens is 2. The molecule has 0 aliphatic carbocycles. The van der Waals surface area contributed by atoms with Gasteiger partial charge in [-0.2, -0.15) is 0 Å². The predicted octanol–water partition coefficient (Wildman–Crippen LogP) is 3.22. The molecule has 2 atom stereocenters. The van der Waals surface area contributed by atoms with Crippen molar-refractivity contribution in [3.63, 3.8) is 0 Å². The van der Waals surface area contributed by atoms with Crippen LogP contribution in [0.15, 0.2) is 66.9 Å². The van der Waals surface area contributed by atoms with E-state index < -0.39 is 17.9 Å². The van der Waals surface area contributed by atoms with Crippen molar-refractivity contribution in [1.29, 1.82) is 0 Å². The van der Waals surface area contributed by atoms with E-state index in [0.717, 1.165) is 22.6 Å². The van der Waals surface area contributed by atoms with Crippen molar-refractivity contribution in [2.24, 2.45) is 17.1 Å². The summed E-state index contributed by atoms with van der Waals surface area (Å²) in [6.07, 6.45) is 2.04. The Hall–Kier alpha value is -3.45. The molecule has 2 aromatic carbocycles. The highest BCUT2D eigenvalue weighted by Crippen LogP contribution is 2.39. The highest BCUT2D eigenvalue weighted by atomic mass is 16.2. The summed E-state index contributed by atoms with van der Waals surface area (Å²) < 4.78 is 2.11. The SMILES string of the molecule is CC(C)(C)[C@H](c1nc(-c2ccccc2)cn1Cc1ccccc1)N1C[C@@H](CN)CNC(=O)C1=O. The molecular formula is C27H33N5O2. The molecule has 3 N–H and O–H groups in total. The van der Waals surface area contributed by atoms with E-state index in [1.54, 1.807) is 4.90 Å². The Bertz CT molecular complexity index is 1130. The lowest BCUT2D eigenvalue weighted by Gasteiger charge is -2.39. The maximum atomic E-state index is 13.3. The van der Waals surface area contributed by atoms with Crippen molar-refractivity contribution < 1.29 is 9.59 Å². The highest BCUT2D eigenvalue weighted by molar-refractivity contribution is 6.35. The summed E-state index contributed by atoms with van der Waals surface area (Å²) in [7, 11) is 0. The fourth-order valence-electron chi connectivity index (χ4n) is 4.55. The zero-order valence-corrected chi connectivity index (χ0v) is 20.1. The van der Waals surface area contributed by atoms with Gasteiger partial charge in [0, 0.05) is 37.3 Å². The van der Waals surface area contributed by atoms with Crippen molar-refractivity contribution in [2.45, 2.75) is 33.4 Å². The Morgan fingerprint density at radius 2 is 1.71 bits per heavy atom. The van der Waals surface area contributed by atoms with E-state index >= 15 is 0 Å². The number of nitrogens with one attached hydrogen (secondary N) is 1. The maximum absolute atomic E-state index is 13.3. The number of carbonyl (C=O) groups is 2. The first-order valence-electron chi connectivity index (χ1n) is 11.7. The Morgan fingerprint density at radius 3 is 2.32 bits per heavy atom. The molecule has 1 saturated heterocycles. The van der Waals surface area contributed by atoms with Crippen LogP contribution in [0.2, 0.25) is 0 Å². The van der Waals surface area contributed by atoms with E-state index in [2.05, 4.69) is 42.8 Å². The summed E-state index contributed by atoms with van der Waals surface area (Å²) in [4.78, 5) is 32.6. The Kier molecular flexibility index (Phi) is 6.84. The third kappa shape index (κ3) is 5.04. The maximum Gasteiger partial charge on any atom is 0.312 e. The lowest BCUT2D eigenvalue weighted by molar-refractivity contribution is -0.148. The minimum Gasteiger partial charge on any atom is -0.347 e. The molecule has 3 aromatic rings. The van der Waals surface area contributed by atoms with Gasteiger partial charge in [0.05, 0.1) is 11.7 Å². The second-order valence-electron chi connectivity index (χ2n) is 10.0. The van der Waals surface area contributed by atoms with Gasteiger partial charge in [-0.3, -0.25) is 9.59 Å². The van der Waals surface area contributed by atoms with Gasteiger partial charge in [-0.25, -0.2) is 4.98 Å².